The topological polar surface area (TPSA) is 105 Å². The summed E-state index contributed by atoms with van der Waals surface area (Å²) in [4.78, 5) is 50.8. The number of ether oxygens (including phenoxy) is 3. The van der Waals surface area contributed by atoms with Crippen LogP contribution in [-0.4, -0.2) is 47.8 Å². The summed E-state index contributed by atoms with van der Waals surface area (Å²) < 4.78 is 22.0. The Labute approximate surface area is 209 Å². The van der Waals surface area contributed by atoms with E-state index in [1.165, 1.54) is 6.92 Å². The first-order chi connectivity index (χ1) is 17.4. The number of carbonyl (C=O) groups is 4. The molecule has 0 bridgehead atoms. The first kappa shape index (κ1) is 25.1. The number of esters is 3. The molecular weight excluding hydrogens is 483 g/mol. The van der Waals surface area contributed by atoms with Gasteiger partial charge in [0.05, 0.1) is 25.5 Å². The fraction of sp³-hybridized carbons (Fsp3) is 0.185. The van der Waals surface area contributed by atoms with Crippen molar-refractivity contribution < 1.29 is 37.9 Å². The van der Waals surface area contributed by atoms with Crippen LogP contribution < -0.4 is 0 Å². The van der Waals surface area contributed by atoms with E-state index in [1.54, 1.807) is 91.0 Å². The van der Waals surface area contributed by atoms with E-state index in [0.717, 1.165) is 0 Å². The van der Waals surface area contributed by atoms with Gasteiger partial charge in [0.1, 0.15) is 6.61 Å². The number of hydrogen-bond acceptors (Lipinski definition) is 8. The van der Waals surface area contributed by atoms with Gasteiger partial charge in [-0.3, -0.25) is 4.79 Å². The Morgan fingerprint density at radius 1 is 0.778 bits per heavy atom. The maximum absolute atomic E-state index is 13.0. The van der Waals surface area contributed by atoms with Crippen molar-refractivity contribution in [3.63, 3.8) is 0 Å². The molecule has 36 heavy (non-hydrogen) atoms. The zero-order chi connectivity index (χ0) is 25.5. The molecule has 9 heteroatoms. The Bertz CT molecular complexity index is 1230. The molecule has 4 atom stereocenters. The van der Waals surface area contributed by atoms with Gasteiger partial charge in [-0.2, -0.15) is 0 Å². The molecule has 1 heterocycles. The van der Waals surface area contributed by atoms with Gasteiger partial charge in [0, 0.05) is 0 Å². The van der Waals surface area contributed by atoms with E-state index in [2.05, 4.69) is 0 Å². The molecule has 1 unspecified atom stereocenters. The Morgan fingerprint density at radius 3 is 1.78 bits per heavy atom. The normalized spacial score (nSPS) is 21.1. The van der Waals surface area contributed by atoms with Crippen LogP contribution in [-0.2, 0) is 23.5 Å². The van der Waals surface area contributed by atoms with Crippen molar-refractivity contribution in [1.29, 1.82) is 0 Å². The summed E-state index contributed by atoms with van der Waals surface area (Å²) in [6.07, 6.45) is -2.27. The van der Waals surface area contributed by atoms with Gasteiger partial charge >= 0.3 is 23.9 Å². The second-order valence-electron chi connectivity index (χ2n) is 8.16. The molecule has 0 spiro atoms. The summed E-state index contributed by atoms with van der Waals surface area (Å²) in [7, 11) is -0.722. The highest BCUT2D eigenvalue weighted by Gasteiger charge is 2.58. The van der Waals surface area contributed by atoms with Crippen LogP contribution in [0.25, 0.3) is 0 Å². The fourth-order valence-electron chi connectivity index (χ4n) is 3.58. The van der Waals surface area contributed by atoms with E-state index in [-0.39, 0.29) is 12.2 Å². The van der Waals surface area contributed by atoms with Crippen LogP contribution in [0.4, 0.5) is 0 Å². The highest BCUT2D eigenvalue weighted by atomic mass is 31.1. The molecule has 0 N–H and O–H groups in total. The van der Waals surface area contributed by atoms with Crippen molar-refractivity contribution >= 4 is 32.7 Å². The van der Waals surface area contributed by atoms with E-state index in [9.17, 15) is 19.2 Å². The molecular formula is C27H23O8P. The van der Waals surface area contributed by atoms with Gasteiger partial charge in [-0.1, -0.05) is 54.6 Å². The molecule has 1 fully saturated rings. The maximum atomic E-state index is 13.0. The highest BCUT2D eigenvalue weighted by molar-refractivity contribution is 7.36. The molecule has 0 aliphatic carbocycles. The Kier molecular flexibility index (Phi) is 7.76. The zero-order valence-corrected chi connectivity index (χ0v) is 20.3. The quantitative estimate of drug-likeness (QED) is 0.254. The van der Waals surface area contributed by atoms with Crippen LogP contribution in [0, 0.1) is 0 Å². The van der Waals surface area contributed by atoms with Gasteiger partial charge in [0.25, 0.3) is 0 Å². The molecule has 1 aliphatic heterocycles. The molecule has 1 saturated heterocycles. The van der Waals surface area contributed by atoms with Crippen LogP contribution in [0.2, 0.25) is 0 Å². The Morgan fingerprint density at radius 2 is 1.25 bits per heavy atom. The van der Waals surface area contributed by atoms with E-state index < -0.39 is 50.0 Å². The van der Waals surface area contributed by atoms with Crippen molar-refractivity contribution in [2.75, 3.05) is 6.61 Å². The standard InChI is InChI=1S/C27H23O8P/c1-27(36-35-25(30)20-15-9-4-10-16-20)22(34-24(29)19-13-7-3-8-14-19)21(33-26(27)31)17-32-23(28)18-11-5-2-6-12-18/h2-16,21-22,36H,17H2,1H3/t21-,22-,27-/m1/s1. The molecule has 0 saturated carbocycles. The molecule has 0 amide bonds. The van der Waals surface area contributed by atoms with Gasteiger partial charge in [0.15, 0.2) is 17.4 Å². The molecule has 0 radical (unpaired) electrons. The van der Waals surface area contributed by atoms with Crippen molar-refractivity contribution in [3.8, 4) is 0 Å². The lowest BCUT2D eigenvalue weighted by Crippen LogP contribution is -2.44. The predicted octanol–water partition coefficient (Wildman–Crippen LogP) is 4.20. The van der Waals surface area contributed by atoms with Crippen LogP contribution in [0.1, 0.15) is 38.0 Å². The third kappa shape index (κ3) is 5.61. The first-order valence-corrected chi connectivity index (χ1v) is 12.0. The van der Waals surface area contributed by atoms with Gasteiger partial charge < -0.3 is 18.7 Å². The van der Waals surface area contributed by atoms with Crippen molar-refractivity contribution in [3.05, 3.63) is 108 Å². The average Bonchev–Trinajstić information content (AvgIpc) is 3.16. The van der Waals surface area contributed by atoms with E-state index in [0.29, 0.717) is 11.1 Å². The third-order valence-corrected chi connectivity index (χ3v) is 6.79. The fourth-order valence-corrected chi connectivity index (χ4v) is 4.51. The number of carbonyl (C=O) groups excluding carboxylic acids is 4. The number of hydrogen-bond donors (Lipinski definition) is 0. The van der Waals surface area contributed by atoms with E-state index in [4.69, 9.17) is 18.7 Å². The monoisotopic (exact) mass is 506 g/mol. The summed E-state index contributed by atoms with van der Waals surface area (Å²) in [5.74, 6) is -2.67. The molecule has 3 aromatic carbocycles. The zero-order valence-electron chi connectivity index (χ0n) is 19.3. The second-order valence-corrected chi connectivity index (χ2v) is 9.61. The van der Waals surface area contributed by atoms with Gasteiger partial charge in [-0.25, -0.2) is 14.4 Å². The van der Waals surface area contributed by atoms with Gasteiger partial charge in [0.2, 0.25) is 0 Å². The van der Waals surface area contributed by atoms with Crippen molar-refractivity contribution in [1.82, 2.24) is 0 Å². The summed E-state index contributed by atoms with van der Waals surface area (Å²) >= 11 is 0. The van der Waals surface area contributed by atoms with Crippen LogP contribution in [0.5, 0.6) is 0 Å². The summed E-state index contributed by atoms with van der Waals surface area (Å²) in [6, 6.07) is 24.9. The first-order valence-electron chi connectivity index (χ1n) is 11.1. The summed E-state index contributed by atoms with van der Waals surface area (Å²) in [5.41, 5.74) is 0.899. The van der Waals surface area contributed by atoms with E-state index >= 15 is 0 Å². The van der Waals surface area contributed by atoms with Gasteiger partial charge in [-0.05, 0) is 43.3 Å². The van der Waals surface area contributed by atoms with Crippen LogP contribution in [0.15, 0.2) is 91.0 Å². The lowest BCUT2D eigenvalue weighted by molar-refractivity contribution is -0.144. The average molecular weight is 506 g/mol. The SMILES string of the molecule is C[C@]1(POC(=O)c2ccccc2)C(=O)O[C@H](COC(=O)c2ccccc2)[C@H]1OC(=O)c1ccccc1. The molecule has 184 valence electrons. The Balaban J connectivity index is 1.52. The maximum Gasteiger partial charge on any atom is 0.340 e. The molecule has 4 rings (SSSR count). The molecule has 8 nitrogen and oxygen atoms in total. The Hall–Kier alpha value is -4.03. The third-order valence-electron chi connectivity index (χ3n) is 5.59. The minimum atomic E-state index is -1.50. The molecule has 3 aromatic rings. The largest absolute Gasteiger partial charge is 0.458 e. The number of benzene rings is 3. The summed E-state index contributed by atoms with van der Waals surface area (Å²) in [6.45, 7) is 1.15. The molecule has 0 aromatic heterocycles. The summed E-state index contributed by atoms with van der Waals surface area (Å²) in [5, 5.41) is -1.50. The molecule has 1 aliphatic rings. The minimum absolute atomic E-state index is 0.267. The van der Waals surface area contributed by atoms with Crippen LogP contribution >= 0.6 is 8.81 Å². The van der Waals surface area contributed by atoms with Crippen LogP contribution in [0.3, 0.4) is 0 Å². The smallest absolute Gasteiger partial charge is 0.340 e. The lowest BCUT2D eigenvalue weighted by Gasteiger charge is -2.27. The van der Waals surface area contributed by atoms with Gasteiger partial charge in [-0.15, -0.1) is 0 Å². The highest BCUT2D eigenvalue weighted by Crippen LogP contribution is 2.45. The number of cyclic esters (lactones) is 1. The predicted molar refractivity (Wildman–Crippen MR) is 131 cm³/mol. The van der Waals surface area contributed by atoms with Crippen molar-refractivity contribution in [2.24, 2.45) is 0 Å². The van der Waals surface area contributed by atoms with Crippen molar-refractivity contribution in [2.45, 2.75) is 24.3 Å². The number of rotatable bonds is 8. The lowest BCUT2D eigenvalue weighted by atomic mass is 10.0. The minimum Gasteiger partial charge on any atom is -0.458 e. The second kappa shape index (κ2) is 11.1. The van der Waals surface area contributed by atoms with E-state index in [1.807, 2.05) is 0 Å².